The molecule has 0 aliphatic rings. The first-order chi connectivity index (χ1) is 5.63. The highest BCUT2D eigenvalue weighted by molar-refractivity contribution is 6.31. The summed E-state index contributed by atoms with van der Waals surface area (Å²) in [7, 11) is 0. The number of rotatable bonds is 2. The molecule has 0 aromatic heterocycles. The first-order valence-electron chi connectivity index (χ1n) is 4.13. The van der Waals surface area contributed by atoms with Gasteiger partial charge in [-0.2, -0.15) is 0 Å². The van der Waals surface area contributed by atoms with Crippen molar-refractivity contribution in [3.63, 3.8) is 0 Å². The number of nitrogens with two attached hydrogens (primary N) is 1. The van der Waals surface area contributed by atoms with E-state index in [0.717, 1.165) is 10.6 Å². The third kappa shape index (κ3) is 1.99. The Morgan fingerprint density at radius 2 is 1.83 bits per heavy atom. The lowest BCUT2D eigenvalue weighted by molar-refractivity contribution is 0.514. The molecule has 1 aromatic carbocycles. The SMILES string of the molecule is CC(C)[C@H](N)c1ccccc1Cl. The van der Waals surface area contributed by atoms with E-state index in [4.69, 9.17) is 17.3 Å². The summed E-state index contributed by atoms with van der Waals surface area (Å²) in [6.45, 7) is 4.18. The number of hydrogen-bond donors (Lipinski definition) is 1. The van der Waals surface area contributed by atoms with Gasteiger partial charge >= 0.3 is 0 Å². The van der Waals surface area contributed by atoms with Crippen LogP contribution in [0.5, 0.6) is 0 Å². The van der Waals surface area contributed by atoms with Crippen LogP contribution < -0.4 is 5.73 Å². The van der Waals surface area contributed by atoms with Gasteiger partial charge in [-0.05, 0) is 17.5 Å². The molecule has 1 nitrogen and oxygen atoms in total. The third-order valence-electron chi connectivity index (χ3n) is 1.98. The van der Waals surface area contributed by atoms with Crippen LogP contribution in [0.2, 0.25) is 5.02 Å². The summed E-state index contributed by atoms with van der Waals surface area (Å²) in [5.74, 6) is 0.421. The second-order valence-electron chi connectivity index (χ2n) is 3.29. The largest absolute Gasteiger partial charge is 0.324 e. The van der Waals surface area contributed by atoms with Gasteiger partial charge in [0.25, 0.3) is 0 Å². The second-order valence-corrected chi connectivity index (χ2v) is 3.70. The highest BCUT2D eigenvalue weighted by atomic mass is 35.5. The van der Waals surface area contributed by atoms with Crippen molar-refractivity contribution in [2.24, 2.45) is 11.7 Å². The lowest BCUT2D eigenvalue weighted by Gasteiger charge is -2.16. The van der Waals surface area contributed by atoms with Crippen LogP contribution in [0.1, 0.15) is 25.5 Å². The Hall–Kier alpha value is -0.530. The van der Waals surface area contributed by atoms with Gasteiger partial charge in [0.2, 0.25) is 0 Å². The Morgan fingerprint density at radius 1 is 1.25 bits per heavy atom. The number of halogens is 1. The van der Waals surface area contributed by atoms with Crippen LogP contribution in [-0.2, 0) is 0 Å². The first kappa shape index (κ1) is 9.56. The summed E-state index contributed by atoms with van der Waals surface area (Å²) in [4.78, 5) is 0. The van der Waals surface area contributed by atoms with E-state index in [9.17, 15) is 0 Å². The first-order valence-corrected chi connectivity index (χ1v) is 4.50. The molecule has 12 heavy (non-hydrogen) atoms. The molecule has 0 spiro atoms. The van der Waals surface area contributed by atoms with Crippen LogP contribution in [0.4, 0.5) is 0 Å². The van der Waals surface area contributed by atoms with E-state index in [1.54, 1.807) is 0 Å². The van der Waals surface area contributed by atoms with Gasteiger partial charge in [-0.15, -0.1) is 0 Å². The molecule has 0 radical (unpaired) electrons. The standard InChI is InChI=1S/C10H14ClN/c1-7(2)10(12)8-5-3-4-6-9(8)11/h3-7,10H,12H2,1-2H3/t10-/m0/s1. The topological polar surface area (TPSA) is 26.0 Å². The van der Waals surface area contributed by atoms with Crippen LogP contribution in [0.15, 0.2) is 24.3 Å². The second kappa shape index (κ2) is 3.92. The van der Waals surface area contributed by atoms with Crippen LogP contribution >= 0.6 is 11.6 Å². The molecule has 0 amide bonds. The Balaban J connectivity index is 2.94. The van der Waals surface area contributed by atoms with E-state index >= 15 is 0 Å². The summed E-state index contributed by atoms with van der Waals surface area (Å²) in [5, 5.41) is 0.763. The van der Waals surface area contributed by atoms with E-state index in [1.165, 1.54) is 0 Å². The molecule has 0 aliphatic heterocycles. The minimum absolute atomic E-state index is 0.0405. The quantitative estimate of drug-likeness (QED) is 0.750. The van der Waals surface area contributed by atoms with E-state index in [-0.39, 0.29) is 6.04 Å². The van der Waals surface area contributed by atoms with Gasteiger partial charge in [-0.1, -0.05) is 43.6 Å². The molecular formula is C10H14ClN. The molecule has 0 heterocycles. The van der Waals surface area contributed by atoms with Crippen molar-refractivity contribution in [1.29, 1.82) is 0 Å². The van der Waals surface area contributed by atoms with Crippen molar-refractivity contribution in [3.8, 4) is 0 Å². The van der Waals surface area contributed by atoms with Gasteiger partial charge in [-0.3, -0.25) is 0 Å². The Bertz CT molecular complexity index is 258. The molecule has 2 heteroatoms. The van der Waals surface area contributed by atoms with E-state index in [0.29, 0.717) is 5.92 Å². The van der Waals surface area contributed by atoms with Gasteiger partial charge in [-0.25, -0.2) is 0 Å². The maximum Gasteiger partial charge on any atom is 0.0453 e. The molecule has 0 aliphatic carbocycles. The van der Waals surface area contributed by atoms with Crippen LogP contribution in [0.25, 0.3) is 0 Å². The van der Waals surface area contributed by atoms with Gasteiger partial charge in [0, 0.05) is 11.1 Å². The molecule has 1 rings (SSSR count). The van der Waals surface area contributed by atoms with E-state index in [1.807, 2.05) is 24.3 Å². The minimum Gasteiger partial charge on any atom is -0.324 e. The lowest BCUT2D eigenvalue weighted by atomic mass is 9.97. The fraction of sp³-hybridized carbons (Fsp3) is 0.400. The highest BCUT2D eigenvalue weighted by Crippen LogP contribution is 2.25. The average Bonchev–Trinajstić information content (AvgIpc) is 2.04. The monoisotopic (exact) mass is 183 g/mol. The summed E-state index contributed by atoms with van der Waals surface area (Å²) in [6, 6.07) is 7.77. The maximum absolute atomic E-state index is 5.98. The van der Waals surface area contributed by atoms with Crippen molar-refractivity contribution in [2.45, 2.75) is 19.9 Å². The zero-order valence-electron chi connectivity index (χ0n) is 7.42. The summed E-state index contributed by atoms with van der Waals surface area (Å²) in [5.41, 5.74) is 6.99. The van der Waals surface area contributed by atoms with Gasteiger partial charge in [0.05, 0.1) is 0 Å². The smallest absolute Gasteiger partial charge is 0.0453 e. The Kier molecular flexibility index (Phi) is 3.12. The Labute approximate surface area is 78.5 Å². The van der Waals surface area contributed by atoms with Crippen molar-refractivity contribution in [1.82, 2.24) is 0 Å². The molecule has 66 valence electrons. The van der Waals surface area contributed by atoms with Crippen molar-refractivity contribution in [2.75, 3.05) is 0 Å². The minimum atomic E-state index is 0.0405. The van der Waals surface area contributed by atoms with Gasteiger partial charge < -0.3 is 5.73 Å². The van der Waals surface area contributed by atoms with Crippen LogP contribution in [0.3, 0.4) is 0 Å². The molecule has 2 N–H and O–H groups in total. The number of benzene rings is 1. The molecule has 1 atom stereocenters. The maximum atomic E-state index is 5.98. The summed E-state index contributed by atoms with van der Waals surface area (Å²) < 4.78 is 0. The van der Waals surface area contributed by atoms with Gasteiger partial charge in [0.15, 0.2) is 0 Å². The van der Waals surface area contributed by atoms with Gasteiger partial charge in [0.1, 0.15) is 0 Å². The predicted octanol–water partition coefficient (Wildman–Crippen LogP) is 3.00. The summed E-state index contributed by atoms with van der Waals surface area (Å²) in [6.07, 6.45) is 0. The normalized spacial score (nSPS) is 13.4. The molecule has 1 aromatic rings. The molecule has 0 fully saturated rings. The van der Waals surface area contributed by atoms with Crippen molar-refractivity contribution < 1.29 is 0 Å². The number of hydrogen-bond acceptors (Lipinski definition) is 1. The molecular weight excluding hydrogens is 170 g/mol. The molecule has 0 bridgehead atoms. The summed E-state index contributed by atoms with van der Waals surface area (Å²) >= 11 is 5.98. The van der Waals surface area contributed by atoms with Crippen LogP contribution in [0, 0.1) is 5.92 Å². The van der Waals surface area contributed by atoms with Crippen molar-refractivity contribution in [3.05, 3.63) is 34.9 Å². The Morgan fingerprint density at radius 3 is 2.33 bits per heavy atom. The van der Waals surface area contributed by atoms with E-state index in [2.05, 4.69) is 13.8 Å². The fourth-order valence-electron chi connectivity index (χ4n) is 1.10. The predicted molar refractivity (Wildman–Crippen MR) is 53.2 cm³/mol. The van der Waals surface area contributed by atoms with Crippen molar-refractivity contribution >= 4 is 11.6 Å². The average molecular weight is 184 g/mol. The van der Waals surface area contributed by atoms with Crippen LogP contribution in [-0.4, -0.2) is 0 Å². The highest BCUT2D eigenvalue weighted by Gasteiger charge is 2.12. The molecule has 0 saturated carbocycles. The molecule has 0 unspecified atom stereocenters. The molecule has 0 saturated heterocycles. The fourth-order valence-corrected chi connectivity index (χ4v) is 1.37. The lowest BCUT2D eigenvalue weighted by Crippen LogP contribution is -2.16. The third-order valence-corrected chi connectivity index (χ3v) is 2.33. The zero-order valence-corrected chi connectivity index (χ0v) is 8.18. The zero-order chi connectivity index (χ0) is 9.14. The van der Waals surface area contributed by atoms with E-state index < -0.39 is 0 Å².